The van der Waals surface area contributed by atoms with E-state index in [1.807, 2.05) is 0 Å². The predicted octanol–water partition coefficient (Wildman–Crippen LogP) is 3.53. The SMILES string of the molecule is O=C(N[C@H]1CCC(F)(F)CCC=C[C@@H]2C[C@@]2(C(=O)NS(=O)(=O)C2CC2)NC(=O)[C@@H]2C[C@@H](OC(=O)N3Cc4cccc(F)c4C3)CN2C1=O)OC1CCCC1. The minimum absolute atomic E-state index is 0.0278. The van der Waals surface area contributed by atoms with Gasteiger partial charge in [0.2, 0.25) is 27.8 Å². The van der Waals surface area contributed by atoms with E-state index < -0.39 is 112 Å². The first-order chi connectivity index (χ1) is 25.6. The summed E-state index contributed by atoms with van der Waals surface area (Å²) in [6.07, 6.45) is 1.01. The molecule has 7 rings (SSSR count). The molecule has 3 heterocycles. The second-order valence-corrected chi connectivity index (χ2v) is 17.3. The van der Waals surface area contributed by atoms with Crippen molar-refractivity contribution in [3.8, 4) is 0 Å². The van der Waals surface area contributed by atoms with Crippen molar-refractivity contribution in [3.05, 3.63) is 47.3 Å². The number of alkyl carbamates (subject to hydrolysis) is 1. The largest absolute Gasteiger partial charge is 0.446 e. The van der Waals surface area contributed by atoms with Gasteiger partial charge in [0.05, 0.1) is 18.3 Å². The predicted molar refractivity (Wildman–Crippen MR) is 183 cm³/mol. The zero-order chi connectivity index (χ0) is 38.4. The third-order valence-electron chi connectivity index (χ3n) is 11.3. The quantitative estimate of drug-likeness (QED) is 0.364. The number of benzene rings is 1. The Bertz CT molecular complexity index is 1840. The molecule has 0 aromatic heterocycles. The number of hydrogen-bond acceptors (Lipinski definition) is 9. The van der Waals surface area contributed by atoms with E-state index >= 15 is 8.78 Å². The first kappa shape index (κ1) is 37.9. The number of alkyl halides is 2. The molecular weight excluding hydrogens is 735 g/mol. The summed E-state index contributed by atoms with van der Waals surface area (Å²) in [7, 11) is -4.03. The first-order valence-electron chi connectivity index (χ1n) is 18.6. The molecule has 3 saturated carbocycles. The van der Waals surface area contributed by atoms with Gasteiger partial charge in [0.15, 0.2) is 0 Å². The molecule has 54 heavy (non-hydrogen) atoms. The Morgan fingerprint density at radius 1 is 0.963 bits per heavy atom. The van der Waals surface area contributed by atoms with Crippen molar-refractivity contribution in [3.63, 3.8) is 0 Å². The van der Waals surface area contributed by atoms with Crippen molar-refractivity contribution in [2.45, 2.75) is 131 Å². The summed E-state index contributed by atoms with van der Waals surface area (Å²) in [5, 5.41) is 4.36. The van der Waals surface area contributed by atoms with Crippen LogP contribution in [0, 0.1) is 11.7 Å². The summed E-state index contributed by atoms with van der Waals surface area (Å²) in [4.78, 5) is 70.7. The van der Waals surface area contributed by atoms with Crippen LogP contribution in [0.5, 0.6) is 0 Å². The van der Waals surface area contributed by atoms with E-state index in [1.165, 1.54) is 29.2 Å². The normalized spacial score (nSPS) is 29.9. The van der Waals surface area contributed by atoms with Crippen molar-refractivity contribution in [2.75, 3.05) is 6.54 Å². The Balaban J connectivity index is 1.15. The monoisotopic (exact) mass is 779 g/mol. The van der Waals surface area contributed by atoms with E-state index in [1.54, 1.807) is 6.07 Å². The number of rotatable bonds is 6. The number of nitrogens with one attached hydrogen (secondary N) is 3. The number of hydrogen-bond donors (Lipinski definition) is 3. The van der Waals surface area contributed by atoms with Gasteiger partial charge in [-0.15, -0.1) is 0 Å². The zero-order valence-corrected chi connectivity index (χ0v) is 30.4. The molecule has 0 radical (unpaired) electrons. The smallest absolute Gasteiger partial charge is 0.410 e. The maximum Gasteiger partial charge on any atom is 0.410 e. The fourth-order valence-electron chi connectivity index (χ4n) is 7.90. The van der Waals surface area contributed by atoms with Gasteiger partial charge < -0.3 is 25.0 Å². The van der Waals surface area contributed by atoms with Crippen LogP contribution in [0.4, 0.5) is 22.8 Å². The van der Waals surface area contributed by atoms with Gasteiger partial charge in [-0.1, -0.05) is 24.3 Å². The minimum atomic E-state index is -4.03. The summed E-state index contributed by atoms with van der Waals surface area (Å²) < 4.78 is 83.6. The van der Waals surface area contributed by atoms with E-state index in [0.717, 1.165) is 17.7 Å². The highest BCUT2D eigenvalue weighted by molar-refractivity contribution is 7.91. The van der Waals surface area contributed by atoms with E-state index in [4.69, 9.17) is 9.47 Å². The Kier molecular flexibility index (Phi) is 10.3. The molecule has 1 saturated heterocycles. The van der Waals surface area contributed by atoms with Gasteiger partial charge in [-0.2, -0.15) is 0 Å². The molecule has 3 N–H and O–H groups in total. The Morgan fingerprint density at radius 3 is 2.44 bits per heavy atom. The lowest BCUT2D eigenvalue weighted by molar-refractivity contribution is -0.141. The van der Waals surface area contributed by atoms with Crippen LogP contribution in [0.3, 0.4) is 0 Å². The molecule has 0 spiro atoms. The molecule has 18 heteroatoms. The zero-order valence-electron chi connectivity index (χ0n) is 29.6. The highest BCUT2D eigenvalue weighted by atomic mass is 32.2. The van der Waals surface area contributed by atoms with Crippen LogP contribution in [0.2, 0.25) is 0 Å². The number of ether oxygens (including phenoxy) is 2. The molecule has 3 aliphatic carbocycles. The lowest BCUT2D eigenvalue weighted by atomic mass is 10.0. The van der Waals surface area contributed by atoms with Gasteiger partial charge in [0.25, 0.3) is 5.91 Å². The fraction of sp³-hybridized carbons (Fsp3) is 0.639. The van der Waals surface area contributed by atoms with Gasteiger partial charge >= 0.3 is 12.2 Å². The van der Waals surface area contributed by atoms with Crippen molar-refractivity contribution >= 4 is 39.9 Å². The molecule has 4 fully saturated rings. The topological polar surface area (TPSA) is 181 Å². The second-order valence-electron chi connectivity index (χ2n) is 15.3. The average molecular weight is 780 g/mol. The number of fused-ring (bicyclic) bond motifs is 3. The third-order valence-corrected chi connectivity index (χ3v) is 13.1. The minimum Gasteiger partial charge on any atom is -0.446 e. The van der Waals surface area contributed by atoms with Gasteiger partial charge in [-0.3, -0.25) is 24.0 Å². The van der Waals surface area contributed by atoms with Gasteiger partial charge in [-0.25, -0.2) is 31.2 Å². The number of amides is 5. The summed E-state index contributed by atoms with van der Waals surface area (Å²) in [5.74, 6) is -7.23. The molecule has 294 valence electrons. The lowest BCUT2D eigenvalue weighted by Crippen LogP contribution is -2.58. The van der Waals surface area contributed by atoms with Gasteiger partial charge in [0, 0.05) is 37.3 Å². The first-order valence-corrected chi connectivity index (χ1v) is 20.1. The number of carbonyl (C=O) groups is 5. The number of nitrogens with zero attached hydrogens (tertiary/aromatic N) is 2. The molecule has 1 aromatic rings. The highest BCUT2D eigenvalue weighted by Gasteiger charge is 2.62. The molecular formula is C36H44F3N5O9S. The Labute approximate surface area is 310 Å². The van der Waals surface area contributed by atoms with Crippen LogP contribution >= 0.6 is 0 Å². The summed E-state index contributed by atoms with van der Waals surface area (Å²) in [5.41, 5.74) is -0.828. The van der Waals surface area contributed by atoms with Crippen molar-refractivity contribution in [2.24, 2.45) is 5.92 Å². The van der Waals surface area contributed by atoms with Gasteiger partial charge in [0.1, 0.15) is 35.6 Å². The maximum atomic E-state index is 15.2. The standard InChI is InChI=1S/C36H44F3N5O9S/c37-27-10-5-6-21-18-43(20-26(21)27)34(49)53-24-16-29-30(45)41-36(32(47)42-54(50,51)25-11-12-25)17-22(36)7-3-4-14-35(38,39)15-13-28(31(46)44(29)19-24)40-33(48)52-23-8-1-2-9-23/h3,5-7,10,22-25,28-29H,1-2,4,8-9,11-20H2,(H,40,48)(H,41,45)(H,42,47)/t22-,24-,28+,29+,36-/m1/s1. The number of carbonyl (C=O) groups excluding carboxylic acids is 5. The van der Waals surface area contributed by atoms with Crippen LogP contribution < -0.4 is 15.4 Å². The van der Waals surface area contributed by atoms with E-state index in [9.17, 15) is 36.8 Å². The highest BCUT2D eigenvalue weighted by Crippen LogP contribution is 2.46. The molecule has 14 nitrogen and oxygen atoms in total. The van der Waals surface area contributed by atoms with E-state index in [0.29, 0.717) is 36.8 Å². The number of sulfonamides is 1. The van der Waals surface area contributed by atoms with E-state index in [-0.39, 0.29) is 38.9 Å². The molecule has 0 unspecified atom stereocenters. The third kappa shape index (κ3) is 8.17. The van der Waals surface area contributed by atoms with Crippen molar-refractivity contribution in [1.29, 1.82) is 0 Å². The summed E-state index contributed by atoms with van der Waals surface area (Å²) in [6, 6.07) is 1.50. The molecule has 3 aliphatic heterocycles. The molecule has 5 atom stereocenters. The van der Waals surface area contributed by atoms with E-state index in [2.05, 4.69) is 15.4 Å². The molecule has 1 aromatic carbocycles. The second kappa shape index (κ2) is 14.7. The molecule has 6 aliphatic rings. The average Bonchev–Trinajstić information content (AvgIpc) is 3.90. The van der Waals surface area contributed by atoms with Crippen LogP contribution in [0.25, 0.3) is 0 Å². The summed E-state index contributed by atoms with van der Waals surface area (Å²) >= 11 is 0. The number of halogens is 3. The summed E-state index contributed by atoms with van der Waals surface area (Å²) in [6.45, 7) is -0.382. The van der Waals surface area contributed by atoms with Crippen molar-refractivity contribution in [1.82, 2.24) is 25.2 Å². The number of allylic oxidation sites excluding steroid dienone is 1. The van der Waals surface area contributed by atoms with Gasteiger partial charge in [-0.05, 0) is 69.4 Å². The van der Waals surface area contributed by atoms with Crippen LogP contribution in [0.1, 0.15) is 88.2 Å². The Hall–Kier alpha value is -4.35. The fourth-order valence-corrected chi connectivity index (χ4v) is 9.26. The molecule has 5 amide bonds. The molecule has 0 bridgehead atoms. The van der Waals surface area contributed by atoms with Crippen molar-refractivity contribution < 1.29 is 55.0 Å². The Morgan fingerprint density at radius 2 is 1.72 bits per heavy atom. The van der Waals surface area contributed by atoms with Crippen LogP contribution in [0.15, 0.2) is 30.4 Å². The maximum absolute atomic E-state index is 15.2. The lowest BCUT2D eigenvalue weighted by Gasteiger charge is -2.30. The van der Waals surface area contributed by atoms with Crippen LogP contribution in [-0.4, -0.2) is 95.7 Å². The van der Waals surface area contributed by atoms with Crippen LogP contribution in [-0.2, 0) is 47.0 Å².